The predicted octanol–water partition coefficient (Wildman–Crippen LogP) is 5.59. The average molecular weight is 524 g/mol. The highest BCUT2D eigenvalue weighted by atomic mass is 19.4. The predicted molar refractivity (Wildman–Crippen MR) is 139 cm³/mol. The number of oxime groups is 1. The van der Waals surface area contributed by atoms with Crippen molar-refractivity contribution in [3.8, 4) is 0 Å². The van der Waals surface area contributed by atoms with Crippen LogP contribution < -0.4 is 10.8 Å². The van der Waals surface area contributed by atoms with Crippen molar-refractivity contribution in [3.63, 3.8) is 0 Å². The number of allylic oxidation sites excluding steroid dienone is 1. The van der Waals surface area contributed by atoms with Gasteiger partial charge in [0.2, 0.25) is 0 Å². The SMILES string of the molecule is CNC(=O)C(=NOC)c1ccccc1CONC1=Cc2ccccc2C1CCc1cccc(C(F)(F)F)c1. The number of carbonyl (C=O) groups excluding carboxylic acids is 1. The van der Waals surface area contributed by atoms with E-state index in [1.165, 1.54) is 26.3 Å². The molecule has 0 fully saturated rings. The van der Waals surface area contributed by atoms with Crippen LogP contribution in [0, 0.1) is 0 Å². The number of aryl methyl sites for hydroxylation is 1. The van der Waals surface area contributed by atoms with Gasteiger partial charge in [0.1, 0.15) is 13.7 Å². The Labute approximate surface area is 219 Å². The highest BCUT2D eigenvalue weighted by molar-refractivity contribution is 6.45. The quantitative estimate of drug-likeness (QED) is 0.268. The summed E-state index contributed by atoms with van der Waals surface area (Å²) in [6.07, 6.45) is -1.33. The van der Waals surface area contributed by atoms with E-state index in [9.17, 15) is 18.0 Å². The van der Waals surface area contributed by atoms with Gasteiger partial charge in [-0.05, 0) is 47.2 Å². The van der Waals surface area contributed by atoms with Crippen LogP contribution in [0.4, 0.5) is 13.2 Å². The van der Waals surface area contributed by atoms with Crippen molar-refractivity contribution >= 4 is 17.7 Å². The fourth-order valence-electron chi connectivity index (χ4n) is 4.52. The number of hydrogen-bond acceptors (Lipinski definition) is 5. The van der Waals surface area contributed by atoms with E-state index in [0.717, 1.165) is 28.5 Å². The number of benzene rings is 3. The van der Waals surface area contributed by atoms with Gasteiger partial charge in [-0.25, -0.2) is 0 Å². The summed E-state index contributed by atoms with van der Waals surface area (Å²) in [5.74, 6) is -0.469. The van der Waals surface area contributed by atoms with E-state index in [-0.39, 0.29) is 18.2 Å². The molecule has 0 spiro atoms. The van der Waals surface area contributed by atoms with Crippen LogP contribution in [0.3, 0.4) is 0 Å². The molecule has 1 aliphatic carbocycles. The number of halogens is 3. The minimum Gasteiger partial charge on any atom is -0.398 e. The van der Waals surface area contributed by atoms with Gasteiger partial charge in [0.05, 0.1) is 5.56 Å². The van der Waals surface area contributed by atoms with Crippen molar-refractivity contribution < 1.29 is 27.6 Å². The lowest BCUT2D eigenvalue weighted by Crippen LogP contribution is -2.29. The summed E-state index contributed by atoms with van der Waals surface area (Å²) in [5.41, 5.74) is 7.37. The largest absolute Gasteiger partial charge is 0.416 e. The van der Waals surface area contributed by atoms with Gasteiger partial charge in [-0.1, -0.05) is 71.9 Å². The van der Waals surface area contributed by atoms with Gasteiger partial charge < -0.3 is 10.2 Å². The van der Waals surface area contributed by atoms with E-state index in [4.69, 9.17) is 9.68 Å². The Hall–Kier alpha value is -4.11. The topological polar surface area (TPSA) is 72.0 Å². The minimum atomic E-state index is -4.38. The van der Waals surface area contributed by atoms with Crippen molar-refractivity contribution in [1.82, 2.24) is 10.8 Å². The Morgan fingerprint density at radius 2 is 1.79 bits per heavy atom. The zero-order valence-electron chi connectivity index (χ0n) is 21.0. The molecule has 0 heterocycles. The Balaban J connectivity index is 1.48. The Kier molecular flexibility index (Phi) is 8.48. The molecule has 0 bridgehead atoms. The lowest BCUT2D eigenvalue weighted by Gasteiger charge is -2.19. The highest BCUT2D eigenvalue weighted by Crippen LogP contribution is 2.38. The first-order chi connectivity index (χ1) is 18.3. The van der Waals surface area contributed by atoms with E-state index in [0.29, 0.717) is 24.0 Å². The summed E-state index contributed by atoms with van der Waals surface area (Å²) in [6, 6.07) is 20.5. The molecule has 38 heavy (non-hydrogen) atoms. The number of carbonyl (C=O) groups is 1. The number of hydrogen-bond donors (Lipinski definition) is 2. The van der Waals surface area contributed by atoms with E-state index in [2.05, 4.69) is 16.0 Å². The second-order valence-corrected chi connectivity index (χ2v) is 8.77. The maximum absolute atomic E-state index is 13.2. The van der Waals surface area contributed by atoms with Crippen LogP contribution in [-0.2, 0) is 33.7 Å². The number of amides is 1. The molecule has 9 heteroatoms. The first-order valence-electron chi connectivity index (χ1n) is 12.1. The van der Waals surface area contributed by atoms with Crippen molar-refractivity contribution in [1.29, 1.82) is 0 Å². The number of nitrogens with zero attached hydrogens (tertiary/aromatic N) is 1. The summed E-state index contributed by atoms with van der Waals surface area (Å²) in [4.78, 5) is 23.1. The van der Waals surface area contributed by atoms with Crippen molar-refractivity contribution in [3.05, 3.63) is 112 Å². The first kappa shape index (κ1) is 26.9. The van der Waals surface area contributed by atoms with Crippen LogP contribution in [0.1, 0.15) is 45.7 Å². The second-order valence-electron chi connectivity index (χ2n) is 8.77. The Morgan fingerprint density at radius 3 is 2.55 bits per heavy atom. The number of nitrogens with one attached hydrogen (secondary N) is 2. The second kappa shape index (κ2) is 12.0. The molecule has 4 rings (SSSR count). The van der Waals surface area contributed by atoms with E-state index < -0.39 is 17.6 Å². The average Bonchev–Trinajstić information content (AvgIpc) is 3.27. The first-order valence-corrected chi connectivity index (χ1v) is 12.1. The van der Waals surface area contributed by atoms with Gasteiger partial charge in [-0.15, -0.1) is 0 Å². The molecule has 0 radical (unpaired) electrons. The summed E-state index contributed by atoms with van der Waals surface area (Å²) in [7, 11) is 2.88. The zero-order chi connectivity index (χ0) is 27.1. The molecule has 1 unspecified atom stereocenters. The van der Waals surface area contributed by atoms with Crippen LogP contribution in [0.5, 0.6) is 0 Å². The molecule has 2 N–H and O–H groups in total. The molecule has 0 saturated carbocycles. The lowest BCUT2D eigenvalue weighted by atomic mass is 9.92. The number of alkyl halides is 3. The summed E-state index contributed by atoms with van der Waals surface area (Å²) >= 11 is 0. The van der Waals surface area contributed by atoms with Crippen LogP contribution in [0.15, 0.2) is 83.6 Å². The Morgan fingerprint density at radius 1 is 1.03 bits per heavy atom. The van der Waals surface area contributed by atoms with Gasteiger partial charge in [-0.2, -0.15) is 13.2 Å². The molecular formula is C29H28F3N3O3. The van der Waals surface area contributed by atoms with Crippen molar-refractivity contribution in [2.75, 3.05) is 14.2 Å². The number of likely N-dealkylation sites (N-methyl/N-ethyl adjacent to an activating group) is 1. The summed E-state index contributed by atoms with van der Waals surface area (Å²) < 4.78 is 39.5. The highest BCUT2D eigenvalue weighted by Gasteiger charge is 2.31. The third-order valence-corrected chi connectivity index (χ3v) is 6.35. The fourth-order valence-corrected chi connectivity index (χ4v) is 4.52. The van der Waals surface area contributed by atoms with E-state index >= 15 is 0 Å². The maximum Gasteiger partial charge on any atom is 0.416 e. The van der Waals surface area contributed by atoms with Crippen LogP contribution in [0.2, 0.25) is 0 Å². The third kappa shape index (κ3) is 6.23. The normalized spacial score (nSPS) is 15.0. The van der Waals surface area contributed by atoms with Gasteiger partial charge in [0.15, 0.2) is 5.71 Å². The van der Waals surface area contributed by atoms with Gasteiger partial charge >= 0.3 is 6.18 Å². The Bertz CT molecular complexity index is 1350. The van der Waals surface area contributed by atoms with E-state index in [1.54, 1.807) is 18.2 Å². The third-order valence-electron chi connectivity index (χ3n) is 6.35. The van der Waals surface area contributed by atoms with Crippen LogP contribution >= 0.6 is 0 Å². The number of fused-ring (bicyclic) bond motifs is 1. The van der Waals surface area contributed by atoms with Gasteiger partial charge in [0.25, 0.3) is 5.91 Å². The van der Waals surface area contributed by atoms with E-state index in [1.807, 2.05) is 42.5 Å². The molecule has 0 aromatic heterocycles. The smallest absolute Gasteiger partial charge is 0.398 e. The molecule has 1 aliphatic rings. The summed E-state index contributed by atoms with van der Waals surface area (Å²) in [5, 5.41) is 6.43. The molecule has 3 aromatic carbocycles. The molecule has 1 amide bonds. The zero-order valence-corrected chi connectivity index (χ0v) is 21.0. The molecular weight excluding hydrogens is 495 g/mol. The minimum absolute atomic E-state index is 0.0764. The van der Waals surface area contributed by atoms with Crippen LogP contribution in [-0.4, -0.2) is 25.8 Å². The molecule has 0 saturated heterocycles. The molecule has 6 nitrogen and oxygen atoms in total. The van der Waals surface area contributed by atoms with Crippen molar-refractivity contribution in [2.24, 2.45) is 5.16 Å². The lowest BCUT2D eigenvalue weighted by molar-refractivity contribution is -0.137. The number of rotatable bonds is 10. The monoisotopic (exact) mass is 523 g/mol. The van der Waals surface area contributed by atoms with Crippen LogP contribution in [0.25, 0.3) is 6.08 Å². The summed E-state index contributed by atoms with van der Waals surface area (Å²) in [6.45, 7) is 0.129. The van der Waals surface area contributed by atoms with Crippen molar-refractivity contribution in [2.45, 2.75) is 31.5 Å². The molecule has 3 aromatic rings. The standard InChI is InChI=1S/C29H28F3N3O3/c1-33-28(36)27(35-37-2)24-13-6-4-10-21(24)18-38-34-26-17-20-9-3-5-12-23(20)25(26)15-14-19-8-7-11-22(16-19)29(30,31)32/h3-13,16-17,25,34H,14-15,18H2,1-2H3,(H,33,36). The molecule has 0 aliphatic heterocycles. The molecule has 1 atom stereocenters. The maximum atomic E-state index is 13.2. The van der Waals surface area contributed by atoms with Gasteiger partial charge in [-0.3, -0.25) is 15.1 Å². The van der Waals surface area contributed by atoms with Gasteiger partial charge in [0, 0.05) is 24.2 Å². The fraction of sp³-hybridized carbons (Fsp3) is 0.241. The molecule has 198 valence electrons. The number of hydroxylamine groups is 1.